The van der Waals surface area contributed by atoms with Gasteiger partial charge in [0.2, 0.25) is 0 Å². The highest BCUT2D eigenvalue weighted by atomic mass is 79.9. The Kier molecular flexibility index (Phi) is 3.89. The highest BCUT2D eigenvalue weighted by molar-refractivity contribution is 9.10. The van der Waals surface area contributed by atoms with Gasteiger partial charge in [-0.3, -0.25) is 14.9 Å². The molecule has 0 atom stereocenters. The zero-order valence-electron chi connectivity index (χ0n) is 9.78. The fourth-order valence-corrected chi connectivity index (χ4v) is 1.63. The number of phenolic OH excluding ortho intramolecular Hbond substituents is 1. The Labute approximate surface area is 120 Å². The normalized spacial score (nSPS) is 10.1. The van der Waals surface area contributed by atoms with E-state index in [1.807, 2.05) is 0 Å². The maximum absolute atomic E-state index is 12.0. The van der Waals surface area contributed by atoms with Crippen molar-refractivity contribution in [2.24, 2.45) is 0 Å². The molecule has 0 fully saturated rings. The van der Waals surface area contributed by atoms with Crippen LogP contribution in [0.4, 0.5) is 11.5 Å². The van der Waals surface area contributed by atoms with Gasteiger partial charge in [0.25, 0.3) is 11.6 Å². The highest BCUT2D eigenvalue weighted by Gasteiger charge is 2.21. The van der Waals surface area contributed by atoms with E-state index in [1.165, 1.54) is 12.4 Å². The maximum Gasteiger partial charge on any atom is 0.282 e. The summed E-state index contributed by atoms with van der Waals surface area (Å²) < 4.78 is 0.485. The van der Waals surface area contributed by atoms with Gasteiger partial charge < -0.3 is 10.4 Å². The smallest absolute Gasteiger partial charge is 0.282 e. The van der Waals surface area contributed by atoms with Crippen LogP contribution in [0.5, 0.6) is 5.75 Å². The minimum atomic E-state index is -0.760. The third kappa shape index (κ3) is 3.06. The minimum absolute atomic E-state index is 0.135. The monoisotopic (exact) mass is 338 g/mol. The van der Waals surface area contributed by atoms with E-state index in [9.17, 15) is 20.0 Å². The number of benzene rings is 1. The lowest BCUT2D eigenvalue weighted by Crippen LogP contribution is -2.15. The van der Waals surface area contributed by atoms with Gasteiger partial charge in [-0.25, -0.2) is 9.97 Å². The molecule has 9 heteroatoms. The Morgan fingerprint density at radius 3 is 2.70 bits per heavy atom. The number of aromatic hydroxyl groups is 1. The number of nitrogens with one attached hydrogen (secondary N) is 1. The summed E-state index contributed by atoms with van der Waals surface area (Å²) in [5.74, 6) is -0.872. The van der Waals surface area contributed by atoms with Crippen molar-refractivity contribution in [2.45, 2.75) is 0 Å². The first-order valence-electron chi connectivity index (χ1n) is 5.23. The van der Waals surface area contributed by atoms with E-state index in [2.05, 4.69) is 31.2 Å². The number of hydrogen-bond donors (Lipinski definition) is 2. The lowest BCUT2D eigenvalue weighted by atomic mass is 10.1. The van der Waals surface area contributed by atoms with Gasteiger partial charge in [0.05, 0.1) is 17.3 Å². The summed E-state index contributed by atoms with van der Waals surface area (Å²) >= 11 is 3.09. The van der Waals surface area contributed by atoms with Gasteiger partial charge in [-0.05, 0) is 28.1 Å². The Morgan fingerprint density at radius 2 is 2.10 bits per heavy atom. The number of rotatable bonds is 3. The molecule has 0 spiro atoms. The first-order valence-corrected chi connectivity index (χ1v) is 6.03. The molecule has 0 bridgehead atoms. The Hall–Kier alpha value is -2.55. The summed E-state index contributed by atoms with van der Waals surface area (Å²) in [5.41, 5.74) is -0.676. The van der Waals surface area contributed by atoms with E-state index in [4.69, 9.17) is 0 Å². The lowest BCUT2D eigenvalue weighted by molar-refractivity contribution is -0.385. The molecular weight excluding hydrogens is 332 g/mol. The van der Waals surface area contributed by atoms with E-state index in [0.29, 0.717) is 4.60 Å². The van der Waals surface area contributed by atoms with Crippen LogP contribution in [0.25, 0.3) is 0 Å². The van der Waals surface area contributed by atoms with E-state index in [1.54, 1.807) is 0 Å². The predicted octanol–water partition coefficient (Wildman–Crippen LogP) is 2.11. The van der Waals surface area contributed by atoms with Gasteiger partial charge in [0.1, 0.15) is 15.9 Å². The molecule has 2 rings (SSSR count). The standard InChI is InChI=1S/C11H7BrN4O4/c12-9-4-14-10(5-13-9)15-11(18)7-3-6(17)1-2-8(7)16(19)20/h1-5,17H,(H,14,15,18). The summed E-state index contributed by atoms with van der Waals surface area (Å²) in [5, 5.41) is 22.5. The Morgan fingerprint density at radius 1 is 1.35 bits per heavy atom. The lowest BCUT2D eigenvalue weighted by Gasteiger charge is -2.05. The molecule has 0 radical (unpaired) electrons. The van der Waals surface area contributed by atoms with Gasteiger partial charge >= 0.3 is 0 Å². The minimum Gasteiger partial charge on any atom is -0.508 e. The van der Waals surface area contributed by atoms with Gasteiger partial charge in [-0.2, -0.15) is 0 Å². The van der Waals surface area contributed by atoms with Gasteiger partial charge in [0.15, 0.2) is 5.82 Å². The maximum atomic E-state index is 12.0. The van der Waals surface area contributed by atoms with Crippen molar-refractivity contribution >= 4 is 33.3 Å². The third-order valence-corrected chi connectivity index (χ3v) is 2.69. The van der Waals surface area contributed by atoms with E-state index in [0.717, 1.165) is 18.2 Å². The molecule has 2 N–H and O–H groups in total. The van der Waals surface area contributed by atoms with Crippen LogP contribution in [0.2, 0.25) is 0 Å². The third-order valence-electron chi connectivity index (χ3n) is 2.28. The van der Waals surface area contributed by atoms with E-state index in [-0.39, 0.29) is 17.1 Å². The summed E-state index contributed by atoms with van der Waals surface area (Å²) in [7, 11) is 0. The van der Waals surface area contributed by atoms with Crippen molar-refractivity contribution in [2.75, 3.05) is 5.32 Å². The largest absolute Gasteiger partial charge is 0.508 e. The Balaban J connectivity index is 2.31. The second-order valence-electron chi connectivity index (χ2n) is 3.64. The molecule has 0 saturated heterocycles. The molecule has 0 unspecified atom stereocenters. The molecule has 1 heterocycles. The predicted molar refractivity (Wildman–Crippen MR) is 72.4 cm³/mol. The number of aromatic nitrogens is 2. The average Bonchev–Trinajstić information content (AvgIpc) is 2.41. The molecule has 20 heavy (non-hydrogen) atoms. The van der Waals surface area contributed by atoms with E-state index >= 15 is 0 Å². The van der Waals surface area contributed by atoms with Gasteiger partial charge in [-0.1, -0.05) is 0 Å². The number of nitro benzene ring substituents is 1. The van der Waals surface area contributed by atoms with Crippen LogP contribution in [0.15, 0.2) is 35.2 Å². The van der Waals surface area contributed by atoms with Crippen LogP contribution >= 0.6 is 15.9 Å². The first kappa shape index (κ1) is 13.9. The number of carbonyl (C=O) groups excluding carboxylic acids is 1. The van der Waals surface area contributed by atoms with Gasteiger partial charge in [-0.15, -0.1) is 0 Å². The molecule has 1 aromatic carbocycles. The van der Waals surface area contributed by atoms with Crippen LogP contribution in [0, 0.1) is 10.1 Å². The number of anilines is 1. The SMILES string of the molecule is O=C(Nc1cnc(Br)cn1)c1cc(O)ccc1[N+](=O)[O-]. The van der Waals surface area contributed by atoms with Crippen molar-refractivity contribution in [1.29, 1.82) is 0 Å². The quantitative estimate of drug-likeness (QED) is 0.653. The van der Waals surface area contributed by atoms with E-state index < -0.39 is 16.5 Å². The topological polar surface area (TPSA) is 118 Å². The summed E-state index contributed by atoms with van der Waals surface area (Å²) in [6.07, 6.45) is 2.66. The van der Waals surface area contributed by atoms with Crippen molar-refractivity contribution < 1.29 is 14.8 Å². The molecule has 1 amide bonds. The summed E-state index contributed by atoms with van der Waals surface area (Å²) in [6.45, 7) is 0. The van der Waals surface area contributed by atoms with Crippen LogP contribution in [-0.2, 0) is 0 Å². The molecule has 1 aromatic heterocycles. The van der Waals surface area contributed by atoms with Crippen LogP contribution < -0.4 is 5.32 Å². The fourth-order valence-electron chi connectivity index (χ4n) is 1.43. The summed E-state index contributed by atoms with van der Waals surface area (Å²) in [4.78, 5) is 29.8. The van der Waals surface area contributed by atoms with Gasteiger partial charge in [0, 0.05) is 6.07 Å². The van der Waals surface area contributed by atoms with Crippen LogP contribution in [0.3, 0.4) is 0 Å². The molecular formula is C11H7BrN4O4. The molecule has 2 aromatic rings. The second-order valence-corrected chi connectivity index (χ2v) is 4.45. The van der Waals surface area contributed by atoms with Crippen molar-refractivity contribution in [3.05, 3.63) is 50.9 Å². The zero-order valence-corrected chi connectivity index (χ0v) is 11.4. The van der Waals surface area contributed by atoms with Crippen molar-refractivity contribution in [1.82, 2.24) is 9.97 Å². The number of nitro groups is 1. The highest BCUT2D eigenvalue weighted by Crippen LogP contribution is 2.24. The average molecular weight is 339 g/mol. The number of hydrogen-bond acceptors (Lipinski definition) is 6. The number of amides is 1. The Bertz CT molecular complexity index is 675. The first-order chi connectivity index (χ1) is 9.47. The van der Waals surface area contributed by atoms with Crippen LogP contribution in [0.1, 0.15) is 10.4 Å². The molecule has 0 aliphatic rings. The number of phenols is 1. The molecule has 0 aliphatic heterocycles. The zero-order chi connectivity index (χ0) is 14.7. The molecule has 102 valence electrons. The van der Waals surface area contributed by atoms with Crippen molar-refractivity contribution in [3.63, 3.8) is 0 Å². The molecule has 0 aliphatic carbocycles. The molecule has 0 saturated carbocycles. The fraction of sp³-hybridized carbons (Fsp3) is 0. The van der Waals surface area contributed by atoms with Crippen molar-refractivity contribution in [3.8, 4) is 5.75 Å². The number of carbonyl (C=O) groups is 1. The number of halogens is 1. The second kappa shape index (κ2) is 5.61. The number of nitrogens with zero attached hydrogens (tertiary/aromatic N) is 3. The summed E-state index contributed by atoms with van der Waals surface area (Å²) in [6, 6.07) is 3.20. The van der Waals surface area contributed by atoms with Crippen LogP contribution in [-0.4, -0.2) is 25.9 Å². The molecule has 8 nitrogen and oxygen atoms in total.